The molecule has 2 heterocycles. The normalized spacial score (nSPS) is 10.8. The van der Waals surface area contributed by atoms with Crippen LogP contribution in [0.25, 0.3) is 11.0 Å². The number of fused-ring (bicyclic) bond motifs is 1. The molecular formula is C15H15N5O3S. The van der Waals surface area contributed by atoms with Gasteiger partial charge < -0.3 is 4.74 Å². The van der Waals surface area contributed by atoms with E-state index in [2.05, 4.69) is 20.6 Å². The first-order valence-corrected chi connectivity index (χ1v) is 8.27. The van der Waals surface area contributed by atoms with Gasteiger partial charge >= 0.3 is 5.97 Å². The summed E-state index contributed by atoms with van der Waals surface area (Å²) in [4.78, 5) is 28.0. The summed E-state index contributed by atoms with van der Waals surface area (Å²) in [5, 5.41) is 12.6. The van der Waals surface area contributed by atoms with Crippen LogP contribution in [0.3, 0.4) is 0 Å². The average molecular weight is 345 g/mol. The van der Waals surface area contributed by atoms with Crippen LogP contribution in [0.15, 0.2) is 23.6 Å². The standard InChI is InChI=1S/C15H15N5O3S/c1-3-20-12-6-5-9(7-10(12)18-19-20)13(21)17-15-16-11(8-24-15)14(22)23-4-2/h5-8H,3-4H2,1-2H3,(H,16,17,21). The van der Waals surface area contributed by atoms with Crippen LogP contribution in [0.5, 0.6) is 0 Å². The maximum Gasteiger partial charge on any atom is 0.357 e. The lowest BCUT2D eigenvalue weighted by molar-refractivity contribution is 0.0520. The second-order valence-electron chi connectivity index (χ2n) is 4.82. The Bertz CT molecular complexity index is 902. The molecule has 1 amide bonds. The minimum Gasteiger partial charge on any atom is -0.461 e. The van der Waals surface area contributed by atoms with Gasteiger partial charge in [-0.2, -0.15) is 0 Å². The van der Waals surface area contributed by atoms with Gasteiger partial charge in [-0.1, -0.05) is 5.21 Å². The highest BCUT2D eigenvalue weighted by Crippen LogP contribution is 2.19. The molecule has 3 aromatic rings. The lowest BCUT2D eigenvalue weighted by atomic mass is 10.2. The third-order valence-electron chi connectivity index (χ3n) is 3.28. The van der Waals surface area contributed by atoms with Crippen LogP contribution in [-0.2, 0) is 11.3 Å². The van der Waals surface area contributed by atoms with E-state index in [1.165, 1.54) is 0 Å². The fraction of sp³-hybridized carbons (Fsp3) is 0.267. The summed E-state index contributed by atoms with van der Waals surface area (Å²) in [5.74, 6) is -0.834. The van der Waals surface area contributed by atoms with Gasteiger partial charge in [-0.15, -0.1) is 16.4 Å². The van der Waals surface area contributed by atoms with E-state index in [0.29, 0.717) is 22.8 Å². The molecule has 1 N–H and O–H groups in total. The molecule has 0 spiro atoms. The Morgan fingerprint density at radius 1 is 1.33 bits per heavy atom. The Labute approximate surface area is 141 Å². The highest BCUT2D eigenvalue weighted by Gasteiger charge is 2.15. The van der Waals surface area contributed by atoms with Gasteiger partial charge in [0.25, 0.3) is 5.91 Å². The zero-order valence-electron chi connectivity index (χ0n) is 13.1. The SMILES string of the molecule is CCOC(=O)c1csc(NC(=O)c2ccc3c(c2)nnn3CC)n1. The molecule has 24 heavy (non-hydrogen) atoms. The molecule has 1 aromatic carbocycles. The molecule has 0 fully saturated rings. The summed E-state index contributed by atoms with van der Waals surface area (Å²) in [6, 6.07) is 5.18. The monoisotopic (exact) mass is 345 g/mol. The Morgan fingerprint density at radius 2 is 2.17 bits per heavy atom. The summed E-state index contributed by atoms with van der Waals surface area (Å²) in [6.07, 6.45) is 0. The fourth-order valence-corrected chi connectivity index (χ4v) is 2.82. The molecule has 0 atom stereocenters. The van der Waals surface area contributed by atoms with Crippen molar-refractivity contribution < 1.29 is 14.3 Å². The number of thiazole rings is 1. The van der Waals surface area contributed by atoms with E-state index in [-0.39, 0.29) is 18.2 Å². The number of nitrogens with zero attached hydrogens (tertiary/aromatic N) is 4. The van der Waals surface area contributed by atoms with Crippen molar-refractivity contribution in [3.05, 3.63) is 34.8 Å². The number of anilines is 1. The number of nitrogens with one attached hydrogen (secondary N) is 1. The van der Waals surface area contributed by atoms with Crippen LogP contribution in [0.2, 0.25) is 0 Å². The van der Waals surface area contributed by atoms with Crippen molar-refractivity contribution in [1.29, 1.82) is 0 Å². The van der Waals surface area contributed by atoms with E-state index in [4.69, 9.17) is 4.74 Å². The van der Waals surface area contributed by atoms with Crippen molar-refractivity contribution in [1.82, 2.24) is 20.0 Å². The maximum atomic E-state index is 12.3. The third kappa shape index (κ3) is 3.11. The van der Waals surface area contributed by atoms with Crippen LogP contribution in [0.1, 0.15) is 34.7 Å². The minimum atomic E-state index is -0.508. The number of esters is 1. The second kappa shape index (κ2) is 6.75. The molecule has 2 aromatic heterocycles. The summed E-state index contributed by atoms with van der Waals surface area (Å²) in [6.45, 7) is 4.67. The van der Waals surface area contributed by atoms with E-state index in [9.17, 15) is 9.59 Å². The highest BCUT2D eigenvalue weighted by atomic mass is 32.1. The highest BCUT2D eigenvalue weighted by molar-refractivity contribution is 7.14. The van der Waals surface area contributed by atoms with Crippen molar-refractivity contribution >= 4 is 39.4 Å². The molecule has 0 aliphatic rings. The second-order valence-corrected chi connectivity index (χ2v) is 5.68. The Hall–Kier alpha value is -2.81. The first-order chi connectivity index (χ1) is 11.6. The number of benzene rings is 1. The van der Waals surface area contributed by atoms with Gasteiger partial charge in [0, 0.05) is 17.5 Å². The predicted molar refractivity (Wildman–Crippen MR) is 89.2 cm³/mol. The Kier molecular flexibility index (Phi) is 4.52. The molecular weight excluding hydrogens is 330 g/mol. The van der Waals surface area contributed by atoms with Gasteiger partial charge in [0.05, 0.1) is 12.1 Å². The van der Waals surface area contributed by atoms with Crippen LogP contribution < -0.4 is 5.32 Å². The number of carbonyl (C=O) groups excluding carboxylic acids is 2. The Balaban J connectivity index is 1.76. The quantitative estimate of drug-likeness (QED) is 0.713. The van der Waals surface area contributed by atoms with Gasteiger partial charge in [-0.25, -0.2) is 14.5 Å². The summed E-state index contributed by atoms with van der Waals surface area (Å²) >= 11 is 1.16. The van der Waals surface area contributed by atoms with E-state index in [1.807, 2.05) is 6.92 Å². The number of aryl methyl sites for hydroxylation is 1. The fourth-order valence-electron chi connectivity index (χ4n) is 2.15. The zero-order chi connectivity index (χ0) is 17.1. The molecule has 0 aliphatic heterocycles. The first-order valence-electron chi connectivity index (χ1n) is 7.39. The van der Waals surface area contributed by atoms with Gasteiger partial charge in [0.1, 0.15) is 5.52 Å². The molecule has 8 nitrogen and oxygen atoms in total. The molecule has 0 radical (unpaired) electrons. The minimum absolute atomic E-state index is 0.179. The number of hydrogen-bond donors (Lipinski definition) is 1. The lowest BCUT2D eigenvalue weighted by Crippen LogP contribution is -2.12. The smallest absolute Gasteiger partial charge is 0.357 e. The number of amides is 1. The molecule has 0 aliphatic carbocycles. The largest absolute Gasteiger partial charge is 0.461 e. The molecule has 3 rings (SSSR count). The van der Waals surface area contributed by atoms with Crippen molar-refractivity contribution in [2.75, 3.05) is 11.9 Å². The molecule has 124 valence electrons. The third-order valence-corrected chi connectivity index (χ3v) is 4.04. The number of aromatic nitrogens is 4. The lowest BCUT2D eigenvalue weighted by Gasteiger charge is -2.02. The number of carbonyl (C=O) groups is 2. The number of hydrogen-bond acceptors (Lipinski definition) is 7. The van der Waals surface area contributed by atoms with Crippen LogP contribution >= 0.6 is 11.3 Å². The van der Waals surface area contributed by atoms with Gasteiger partial charge in [0.2, 0.25) is 0 Å². The summed E-state index contributed by atoms with van der Waals surface area (Å²) < 4.78 is 6.62. The topological polar surface area (TPSA) is 99.0 Å². The Morgan fingerprint density at radius 3 is 2.92 bits per heavy atom. The van der Waals surface area contributed by atoms with E-state index in [0.717, 1.165) is 16.9 Å². The summed E-state index contributed by atoms with van der Waals surface area (Å²) in [7, 11) is 0. The van der Waals surface area contributed by atoms with Crippen LogP contribution in [0, 0.1) is 0 Å². The molecule has 0 unspecified atom stereocenters. The van der Waals surface area contributed by atoms with Crippen LogP contribution in [0.4, 0.5) is 5.13 Å². The number of rotatable bonds is 5. The molecule has 9 heteroatoms. The molecule has 0 bridgehead atoms. The van der Waals surface area contributed by atoms with E-state index < -0.39 is 5.97 Å². The molecule has 0 saturated heterocycles. The van der Waals surface area contributed by atoms with Gasteiger partial charge in [-0.05, 0) is 32.0 Å². The van der Waals surface area contributed by atoms with Gasteiger partial charge in [0.15, 0.2) is 10.8 Å². The molecule has 0 saturated carbocycles. The average Bonchev–Trinajstić information content (AvgIpc) is 3.20. The summed E-state index contributed by atoms with van der Waals surface area (Å²) in [5.41, 5.74) is 2.14. The predicted octanol–water partition coefficient (Wildman–Crippen LogP) is 2.34. The van der Waals surface area contributed by atoms with E-state index >= 15 is 0 Å². The van der Waals surface area contributed by atoms with Crippen molar-refractivity contribution in [2.24, 2.45) is 0 Å². The zero-order valence-corrected chi connectivity index (χ0v) is 14.0. The van der Waals surface area contributed by atoms with Gasteiger partial charge in [-0.3, -0.25) is 10.1 Å². The first kappa shape index (κ1) is 16.1. The van der Waals surface area contributed by atoms with Crippen molar-refractivity contribution in [3.63, 3.8) is 0 Å². The van der Waals surface area contributed by atoms with Crippen LogP contribution in [-0.4, -0.2) is 38.5 Å². The van der Waals surface area contributed by atoms with E-state index in [1.54, 1.807) is 35.2 Å². The number of ether oxygens (including phenoxy) is 1. The van der Waals surface area contributed by atoms with Crippen molar-refractivity contribution in [3.8, 4) is 0 Å². The van der Waals surface area contributed by atoms with Crippen molar-refractivity contribution in [2.45, 2.75) is 20.4 Å². The maximum absolute atomic E-state index is 12.3.